The Kier molecular flexibility index (Phi) is 6.88. The number of fused-ring (bicyclic) bond motifs is 1. The number of aryl methyl sites for hydroxylation is 2. The first kappa shape index (κ1) is 24.1. The maximum absolute atomic E-state index is 13.7. The first-order chi connectivity index (χ1) is 14.9. The molecule has 1 heterocycles. The molecule has 0 fully saturated rings. The Bertz CT molecular complexity index is 1270. The number of methoxy groups -OCH3 is 1. The van der Waals surface area contributed by atoms with Crippen molar-refractivity contribution in [1.82, 2.24) is 14.3 Å². The van der Waals surface area contributed by atoms with Gasteiger partial charge in [0.1, 0.15) is 5.82 Å². The minimum atomic E-state index is -3.87. The molecule has 3 rings (SSSR count). The van der Waals surface area contributed by atoms with Crippen LogP contribution in [0.3, 0.4) is 0 Å². The number of hydrogen-bond acceptors (Lipinski definition) is 5. The molecule has 172 valence electrons. The van der Waals surface area contributed by atoms with E-state index in [2.05, 4.69) is 30.7 Å². The highest BCUT2D eigenvalue weighted by molar-refractivity contribution is 7.89. The number of ether oxygens (including phenoxy) is 1. The van der Waals surface area contributed by atoms with E-state index in [9.17, 15) is 13.2 Å². The number of nitrogens with one attached hydrogen (secondary N) is 1. The van der Waals surface area contributed by atoms with Crippen LogP contribution in [0.2, 0.25) is 0 Å². The van der Waals surface area contributed by atoms with Gasteiger partial charge in [0, 0.05) is 13.7 Å². The predicted molar refractivity (Wildman–Crippen MR) is 126 cm³/mol. The molecule has 0 saturated carbocycles. The number of nitrogens with zero attached hydrogens (tertiary/aromatic N) is 2. The third-order valence-corrected chi connectivity index (χ3v) is 7.61. The van der Waals surface area contributed by atoms with Crippen LogP contribution >= 0.6 is 0 Å². The zero-order chi connectivity index (χ0) is 23.7. The number of sulfonamides is 1. The molecule has 32 heavy (non-hydrogen) atoms. The Balaban J connectivity index is 2.07. The normalized spacial score (nSPS) is 12.6. The Morgan fingerprint density at radius 2 is 1.72 bits per heavy atom. The molecule has 0 saturated heterocycles. The van der Waals surface area contributed by atoms with E-state index in [0.717, 1.165) is 5.56 Å². The largest absolute Gasteiger partial charge is 0.383 e. The Morgan fingerprint density at radius 1 is 1.09 bits per heavy atom. The van der Waals surface area contributed by atoms with Crippen LogP contribution in [-0.2, 0) is 26.7 Å². The molecule has 7 nitrogen and oxygen atoms in total. The van der Waals surface area contributed by atoms with E-state index in [4.69, 9.17) is 4.74 Å². The molecule has 3 aromatic rings. The van der Waals surface area contributed by atoms with Crippen molar-refractivity contribution in [3.05, 3.63) is 69.3 Å². The molecule has 0 unspecified atom stereocenters. The van der Waals surface area contributed by atoms with Crippen LogP contribution < -0.4 is 5.56 Å². The van der Waals surface area contributed by atoms with Crippen LogP contribution in [0.1, 0.15) is 43.3 Å². The summed E-state index contributed by atoms with van der Waals surface area (Å²) in [4.78, 5) is 20.0. The average molecular weight is 458 g/mol. The monoisotopic (exact) mass is 457 g/mol. The third kappa shape index (κ3) is 4.92. The summed E-state index contributed by atoms with van der Waals surface area (Å²) < 4.78 is 34.0. The Morgan fingerprint density at radius 3 is 2.31 bits per heavy atom. The summed E-state index contributed by atoms with van der Waals surface area (Å²) in [5, 5.41) is 0.465. The lowest BCUT2D eigenvalue weighted by Gasteiger charge is -2.26. The molecule has 1 aromatic heterocycles. The highest BCUT2D eigenvalue weighted by Crippen LogP contribution is 2.31. The minimum Gasteiger partial charge on any atom is -0.383 e. The summed E-state index contributed by atoms with van der Waals surface area (Å²) in [5.41, 5.74) is 2.60. The summed E-state index contributed by atoms with van der Waals surface area (Å²) in [6.45, 7) is 10.2. The van der Waals surface area contributed by atoms with Crippen molar-refractivity contribution >= 4 is 20.9 Å². The molecule has 8 heteroatoms. The molecule has 0 aliphatic rings. The van der Waals surface area contributed by atoms with Crippen molar-refractivity contribution in [2.75, 3.05) is 20.3 Å². The fourth-order valence-electron chi connectivity index (χ4n) is 3.77. The summed E-state index contributed by atoms with van der Waals surface area (Å²) in [6, 6.07) is 10.9. The summed E-state index contributed by atoms with van der Waals surface area (Å²) >= 11 is 0. The average Bonchev–Trinajstić information content (AvgIpc) is 2.69. The summed E-state index contributed by atoms with van der Waals surface area (Å²) in [6.07, 6.45) is 0. The fraction of sp³-hybridized carbons (Fsp3) is 0.417. The van der Waals surface area contributed by atoms with Crippen molar-refractivity contribution in [2.45, 2.75) is 51.5 Å². The van der Waals surface area contributed by atoms with E-state index in [-0.39, 0.29) is 41.4 Å². The second-order valence-electron chi connectivity index (χ2n) is 9.05. The van der Waals surface area contributed by atoms with Crippen molar-refractivity contribution < 1.29 is 13.2 Å². The lowest BCUT2D eigenvalue weighted by Crippen LogP contribution is -2.35. The van der Waals surface area contributed by atoms with Crippen LogP contribution in [0.5, 0.6) is 0 Å². The predicted octanol–water partition coefficient (Wildman–Crippen LogP) is 3.67. The lowest BCUT2D eigenvalue weighted by atomic mass is 9.85. The molecule has 0 aliphatic heterocycles. The fourth-order valence-corrected chi connectivity index (χ4v) is 5.57. The molecule has 0 radical (unpaired) electrons. The van der Waals surface area contributed by atoms with E-state index in [1.807, 2.05) is 26.0 Å². The smallest absolute Gasteiger partial charge is 0.258 e. The molecular weight excluding hydrogens is 426 g/mol. The standard InChI is InChI=1S/C24H31N3O4S/c1-16-13-18(24(3,4)5)14-17(2)22(16)32(29,30)27(11-12-31-6)15-21-25-20-10-8-7-9-19(20)23(28)26-21/h7-10,13-14H,11-12,15H2,1-6H3,(H,25,26,28). The third-order valence-electron chi connectivity index (χ3n) is 5.46. The maximum atomic E-state index is 13.7. The van der Waals surface area contributed by atoms with Gasteiger partial charge in [0.15, 0.2) is 0 Å². The van der Waals surface area contributed by atoms with E-state index >= 15 is 0 Å². The van der Waals surface area contributed by atoms with Crippen molar-refractivity contribution in [3.8, 4) is 0 Å². The van der Waals surface area contributed by atoms with E-state index in [1.54, 1.807) is 24.3 Å². The van der Waals surface area contributed by atoms with Gasteiger partial charge in [0.05, 0.1) is 29.0 Å². The van der Waals surface area contributed by atoms with Gasteiger partial charge in [0.25, 0.3) is 5.56 Å². The van der Waals surface area contributed by atoms with Crippen LogP contribution in [-0.4, -0.2) is 43.0 Å². The Hall–Kier alpha value is -2.55. The van der Waals surface area contributed by atoms with Crippen LogP contribution in [0.25, 0.3) is 10.9 Å². The highest BCUT2D eigenvalue weighted by atomic mass is 32.2. The number of aromatic amines is 1. The number of benzene rings is 2. The van der Waals surface area contributed by atoms with Gasteiger partial charge in [-0.3, -0.25) is 4.79 Å². The van der Waals surface area contributed by atoms with Crippen LogP contribution in [0, 0.1) is 13.8 Å². The highest BCUT2D eigenvalue weighted by Gasteiger charge is 2.30. The number of para-hydroxylation sites is 1. The molecule has 0 atom stereocenters. The first-order valence-corrected chi connectivity index (χ1v) is 12.0. The van der Waals surface area contributed by atoms with Gasteiger partial charge in [-0.25, -0.2) is 13.4 Å². The quantitative estimate of drug-likeness (QED) is 0.584. The van der Waals surface area contributed by atoms with Crippen molar-refractivity contribution in [3.63, 3.8) is 0 Å². The van der Waals surface area contributed by atoms with Gasteiger partial charge >= 0.3 is 0 Å². The van der Waals surface area contributed by atoms with E-state index < -0.39 is 10.0 Å². The van der Waals surface area contributed by atoms with Gasteiger partial charge in [-0.15, -0.1) is 0 Å². The first-order valence-electron chi connectivity index (χ1n) is 10.5. The SMILES string of the molecule is COCCN(Cc1nc2ccccc2c(=O)[nH]1)S(=O)(=O)c1c(C)cc(C(C)(C)C)cc1C. The Labute approximate surface area is 189 Å². The van der Waals surface area contributed by atoms with Crippen LogP contribution in [0.4, 0.5) is 0 Å². The molecule has 0 bridgehead atoms. The maximum Gasteiger partial charge on any atom is 0.258 e. The van der Waals surface area contributed by atoms with Crippen molar-refractivity contribution in [2.24, 2.45) is 0 Å². The lowest BCUT2D eigenvalue weighted by molar-refractivity contribution is 0.176. The topological polar surface area (TPSA) is 92.4 Å². The van der Waals surface area contributed by atoms with E-state index in [1.165, 1.54) is 11.4 Å². The summed E-state index contributed by atoms with van der Waals surface area (Å²) in [5.74, 6) is 0.287. The number of H-pyrrole nitrogens is 1. The molecule has 1 N–H and O–H groups in total. The molecule has 0 spiro atoms. The van der Waals surface area contributed by atoms with Gasteiger partial charge < -0.3 is 9.72 Å². The zero-order valence-electron chi connectivity index (χ0n) is 19.5. The molecule has 0 aliphatic carbocycles. The number of aromatic nitrogens is 2. The second-order valence-corrected chi connectivity index (χ2v) is 10.9. The minimum absolute atomic E-state index is 0.0638. The molecular formula is C24H31N3O4S. The van der Waals surface area contributed by atoms with Gasteiger partial charge in [-0.2, -0.15) is 4.31 Å². The second kappa shape index (κ2) is 9.13. The van der Waals surface area contributed by atoms with Gasteiger partial charge in [0.2, 0.25) is 10.0 Å². The van der Waals surface area contributed by atoms with Gasteiger partial charge in [-0.1, -0.05) is 45.0 Å². The van der Waals surface area contributed by atoms with E-state index in [0.29, 0.717) is 22.0 Å². The van der Waals surface area contributed by atoms with Gasteiger partial charge in [-0.05, 0) is 48.1 Å². The zero-order valence-corrected chi connectivity index (χ0v) is 20.3. The molecule has 2 aromatic carbocycles. The number of hydrogen-bond donors (Lipinski definition) is 1. The van der Waals surface area contributed by atoms with Crippen molar-refractivity contribution in [1.29, 1.82) is 0 Å². The molecule has 0 amide bonds. The number of rotatable bonds is 7. The summed E-state index contributed by atoms with van der Waals surface area (Å²) in [7, 11) is -2.35. The van der Waals surface area contributed by atoms with Crippen LogP contribution in [0.15, 0.2) is 46.1 Å².